The van der Waals surface area contributed by atoms with E-state index < -0.39 is 0 Å². The molecule has 0 atom stereocenters. The lowest BCUT2D eigenvalue weighted by atomic mass is 9.93. The zero-order valence-electron chi connectivity index (χ0n) is 27.2. The summed E-state index contributed by atoms with van der Waals surface area (Å²) in [7, 11) is 0. The van der Waals surface area contributed by atoms with E-state index in [1.54, 1.807) is 0 Å². The van der Waals surface area contributed by atoms with E-state index in [2.05, 4.69) is 191 Å². The summed E-state index contributed by atoms with van der Waals surface area (Å²) in [5.74, 6) is 0. The zero-order chi connectivity index (χ0) is 32.8. The van der Waals surface area contributed by atoms with Gasteiger partial charge in [-0.2, -0.15) is 0 Å². The molecule has 0 fully saturated rings. The molecule has 0 spiro atoms. The highest BCUT2D eigenvalue weighted by Crippen LogP contribution is 2.44. The molecule has 0 radical (unpaired) electrons. The van der Waals surface area contributed by atoms with Crippen molar-refractivity contribution in [2.45, 2.75) is 0 Å². The number of nitrogens with zero attached hydrogens (tertiary/aromatic N) is 2. The summed E-state index contributed by atoms with van der Waals surface area (Å²) in [5, 5.41) is 12.9. The Morgan fingerprint density at radius 1 is 0.260 bits per heavy atom. The van der Waals surface area contributed by atoms with Crippen LogP contribution in [0, 0.1) is 0 Å². The molecular formula is C48H30N2. The van der Waals surface area contributed by atoms with Crippen LogP contribution in [0.3, 0.4) is 0 Å². The van der Waals surface area contributed by atoms with Crippen LogP contribution < -0.4 is 0 Å². The minimum atomic E-state index is 1.16. The van der Waals surface area contributed by atoms with E-state index >= 15 is 0 Å². The van der Waals surface area contributed by atoms with E-state index in [9.17, 15) is 0 Å². The first-order chi connectivity index (χ1) is 24.8. The Labute approximate surface area is 288 Å². The Bertz CT molecular complexity index is 3070. The second kappa shape index (κ2) is 10.4. The SMILES string of the molecule is c1ccc2c(c1)ccc1c3ccccc3c3c(c4ccccc4n3-c3ccc(-c4ccc(-n5c6ccccc6c6ccccc65)cc4)cc3)c21. The molecule has 0 saturated heterocycles. The van der Waals surface area contributed by atoms with Gasteiger partial charge in [-0.25, -0.2) is 0 Å². The molecule has 0 saturated carbocycles. The molecule has 0 bridgehead atoms. The Morgan fingerprint density at radius 2 is 0.720 bits per heavy atom. The van der Waals surface area contributed by atoms with Gasteiger partial charge in [0.05, 0.1) is 22.1 Å². The molecule has 9 aromatic carbocycles. The number of para-hydroxylation sites is 3. The van der Waals surface area contributed by atoms with Crippen LogP contribution in [-0.4, -0.2) is 9.13 Å². The van der Waals surface area contributed by atoms with E-state index in [0.29, 0.717) is 0 Å². The Morgan fingerprint density at radius 3 is 1.34 bits per heavy atom. The van der Waals surface area contributed by atoms with Crippen molar-refractivity contribution in [2.24, 2.45) is 0 Å². The highest BCUT2D eigenvalue weighted by Gasteiger charge is 2.20. The van der Waals surface area contributed by atoms with Crippen molar-refractivity contribution in [3.05, 3.63) is 182 Å². The molecule has 0 aliphatic carbocycles. The summed E-state index contributed by atoms with van der Waals surface area (Å²) in [6.07, 6.45) is 0. The molecule has 0 aliphatic heterocycles. The van der Waals surface area contributed by atoms with Gasteiger partial charge in [0.1, 0.15) is 0 Å². The van der Waals surface area contributed by atoms with Crippen molar-refractivity contribution >= 4 is 75.9 Å². The monoisotopic (exact) mass is 634 g/mol. The first-order valence-corrected chi connectivity index (χ1v) is 17.3. The predicted molar refractivity (Wildman–Crippen MR) is 213 cm³/mol. The van der Waals surface area contributed by atoms with Gasteiger partial charge in [0.25, 0.3) is 0 Å². The molecule has 232 valence electrons. The van der Waals surface area contributed by atoms with Crippen LogP contribution in [0.25, 0.3) is 98.4 Å². The minimum absolute atomic E-state index is 1.16. The van der Waals surface area contributed by atoms with Crippen LogP contribution >= 0.6 is 0 Å². The van der Waals surface area contributed by atoms with Crippen LogP contribution in [0.1, 0.15) is 0 Å². The van der Waals surface area contributed by atoms with Gasteiger partial charge in [-0.15, -0.1) is 0 Å². The largest absolute Gasteiger partial charge is 0.309 e. The molecular weight excluding hydrogens is 605 g/mol. The van der Waals surface area contributed by atoms with E-state index in [4.69, 9.17) is 0 Å². The Kier molecular flexibility index (Phi) is 5.70. The summed E-state index contributed by atoms with van der Waals surface area (Å²) in [5.41, 5.74) is 9.66. The maximum absolute atomic E-state index is 2.48. The van der Waals surface area contributed by atoms with Crippen molar-refractivity contribution < 1.29 is 0 Å². The van der Waals surface area contributed by atoms with Crippen molar-refractivity contribution in [3.63, 3.8) is 0 Å². The van der Waals surface area contributed by atoms with Gasteiger partial charge in [0, 0.05) is 43.7 Å². The maximum atomic E-state index is 2.48. The van der Waals surface area contributed by atoms with E-state index in [1.807, 2.05) is 0 Å². The Hall–Kier alpha value is -6.64. The number of hydrogen-bond acceptors (Lipinski definition) is 0. The van der Waals surface area contributed by atoms with Gasteiger partial charge in [0.15, 0.2) is 0 Å². The van der Waals surface area contributed by atoms with Crippen LogP contribution in [0.15, 0.2) is 182 Å². The highest BCUT2D eigenvalue weighted by atomic mass is 15.0. The van der Waals surface area contributed by atoms with E-state index in [0.717, 1.165) is 5.69 Å². The molecule has 0 N–H and O–H groups in total. The average Bonchev–Trinajstić information content (AvgIpc) is 3.72. The lowest BCUT2D eigenvalue weighted by Gasteiger charge is -2.14. The number of hydrogen-bond donors (Lipinski definition) is 0. The summed E-state index contributed by atoms with van der Waals surface area (Å²) >= 11 is 0. The van der Waals surface area contributed by atoms with Crippen molar-refractivity contribution in [3.8, 4) is 22.5 Å². The molecule has 50 heavy (non-hydrogen) atoms. The molecule has 2 heterocycles. The van der Waals surface area contributed by atoms with Crippen molar-refractivity contribution in [1.82, 2.24) is 9.13 Å². The maximum Gasteiger partial charge on any atom is 0.0626 e. The van der Waals surface area contributed by atoms with Crippen molar-refractivity contribution in [2.75, 3.05) is 0 Å². The molecule has 2 aromatic heterocycles. The Balaban J connectivity index is 1.09. The van der Waals surface area contributed by atoms with Gasteiger partial charge in [0.2, 0.25) is 0 Å². The first-order valence-electron chi connectivity index (χ1n) is 17.3. The molecule has 11 rings (SSSR count). The minimum Gasteiger partial charge on any atom is -0.309 e. The molecule has 2 nitrogen and oxygen atoms in total. The van der Waals surface area contributed by atoms with Crippen LogP contribution in [0.4, 0.5) is 0 Å². The van der Waals surface area contributed by atoms with Crippen molar-refractivity contribution in [1.29, 1.82) is 0 Å². The van der Waals surface area contributed by atoms with Crippen LogP contribution in [0.5, 0.6) is 0 Å². The quantitative estimate of drug-likeness (QED) is 0.171. The second-order valence-corrected chi connectivity index (χ2v) is 13.3. The highest BCUT2D eigenvalue weighted by molar-refractivity contribution is 6.36. The number of aromatic nitrogens is 2. The van der Waals surface area contributed by atoms with Gasteiger partial charge < -0.3 is 9.13 Å². The molecule has 0 aliphatic rings. The number of benzene rings is 9. The van der Waals surface area contributed by atoms with Gasteiger partial charge >= 0.3 is 0 Å². The third-order valence-corrected chi connectivity index (χ3v) is 10.7. The summed E-state index contributed by atoms with van der Waals surface area (Å²) in [6, 6.07) is 66.6. The fourth-order valence-electron chi connectivity index (χ4n) is 8.51. The van der Waals surface area contributed by atoms with Crippen LogP contribution in [0.2, 0.25) is 0 Å². The number of rotatable bonds is 3. The summed E-state index contributed by atoms with van der Waals surface area (Å²) < 4.78 is 4.85. The fourth-order valence-corrected chi connectivity index (χ4v) is 8.51. The second-order valence-electron chi connectivity index (χ2n) is 13.3. The van der Waals surface area contributed by atoms with E-state index in [-0.39, 0.29) is 0 Å². The fraction of sp³-hybridized carbons (Fsp3) is 0. The first kappa shape index (κ1) is 27.3. The summed E-state index contributed by atoms with van der Waals surface area (Å²) in [4.78, 5) is 0. The van der Waals surface area contributed by atoms with Gasteiger partial charge in [-0.3, -0.25) is 0 Å². The van der Waals surface area contributed by atoms with E-state index in [1.165, 1.54) is 92.7 Å². The standard InChI is InChI=1S/C48H30N2/c1-2-12-36-33(11-1)25-30-40-37-13-3-4-16-41(37)48-47(46(36)40)42-17-7-10-20-45(42)50(48)35-28-23-32(24-29-35)31-21-26-34(27-22-31)49-43-18-8-5-14-38(43)39-15-6-9-19-44(39)49/h1-30H. The van der Waals surface area contributed by atoms with Crippen LogP contribution in [-0.2, 0) is 0 Å². The zero-order valence-corrected chi connectivity index (χ0v) is 27.2. The van der Waals surface area contributed by atoms with Gasteiger partial charge in [-0.05, 0) is 75.1 Å². The normalized spacial score (nSPS) is 12.0. The topological polar surface area (TPSA) is 9.86 Å². The molecule has 0 unspecified atom stereocenters. The lowest BCUT2D eigenvalue weighted by Crippen LogP contribution is -1.95. The third-order valence-electron chi connectivity index (χ3n) is 10.7. The number of fused-ring (bicyclic) bond motifs is 13. The average molecular weight is 635 g/mol. The molecule has 11 aromatic rings. The van der Waals surface area contributed by atoms with Gasteiger partial charge in [-0.1, -0.05) is 140 Å². The molecule has 2 heteroatoms. The summed E-state index contributed by atoms with van der Waals surface area (Å²) in [6.45, 7) is 0. The molecule has 0 amide bonds. The predicted octanol–water partition coefficient (Wildman–Crippen LogP) is 13.0. The lowest BCUT2D eigenvalue weighted by molar-refractivity contribution is 1.18. The smallest absolute Gasteiger partial charge is 0.0626 e. The third kappa shape index (κ3) is 3.79.